The standard InChI is InChI=1S/C19H30N2O2/c1-4-7-17-16-18(22-3)8-9-19(17)23-15-6-5-10-21-13-11-20(2)12-14-21/h4,8-9,16H,1,5-7,10-15H2,2-3H3/p+2. The Kier molecular flexibility index (Phi) is 7.43. The average molecular weight is 320 g/mol. The van der Waals surface area contributed by atoms with E-state index in [-0.39, 0.29) is 0 Å². The Morgan fingerprint density at radius 2 is 1.96 bits per heavy atom. The highest BCUT2D eigenvalue weighted by atomic mass is 16.5. The molecule has 0 saturated carbocycles. The van der Waals surface area contributed by atoms with Crippen LogP contribution in [0.4, 0.5) is 0 Å². The van der Waals surface area contributed by atoms with Gasteiger partial charge in [0.05, 0.1) is 27.3 Å². The van der Waals surface area contributed by atoms with Gasteiger partial charge in [0, 0.05) is 5.56 Å². The molecule has 1 heterocycles. The molecule has 2 rings (SSSR count). The maximum atomic E-state index is 5.98. The molecule has 0 aromatic heterocycles. The quantitative estimate of drug-likeness (QED) is 0.495. The van der Waals surface area contributed by atoms with E-state index < -0.39 is 0 Å². The van der Waals surface area contributed by atoms with Crippen molar-refractivity contribution < 1.29 is 19.3 Å². The number of quaternary nitrogens is 2. The monoisotopic (exact) mass is 320 g/mol. The van der Waals surface area contributed by atoms with Crippen LogP contribution in [-0.4, -0.2) is 53.5 Å². The van der Waals surface area contributed by atoms with Crippen molar-refractivity contribution in [3.8, 4) is 11.5 Å². The second-order valence-corrected chi connectivity index (χ2v) is 6.48. The fourth-order valence-electron chi connectivity index (χ4n) is 3.08. The molecule has 23 heavy (non-hydrogen) atoms. The summed E-state index contributed by atoms with van der Waals surface area (Å²) in [7, 11) is 3.98. The number of nitrogens with one attached hydrogen (secondary N) is 2. The molecule has 1 aromatic rings. The van der Waals surface area contributed by atoms with E-state index in [1.54, 1.807) is 16.9 Å². The van der Waals surface area contributed by atoms with Crippen molar-refractivity contribution in [1.82, 2.24) is 0 Å². The van der Waals surface area contributed by atoms with E-state index in [1.807, 2.05) is 24.3 Å². The van der Waals surface area contributed by atoms with Crippen LogP contribution in [0.25, 0.3) is 0 Å². The Balaban J connectivity index is 1.70. The summed E-state index contributed by atoms with van der Waals surface area (Å²) in [5, 5.41) is 0. The van der Waals surface area contributed by atoms with E-state index in [2.05, 4.69) is 13.6 Å². The second kappa shape index (κ2) is 9.58. The molecule has 0 spiro atoms. The molecule has 0 aliphatic carbocycles. The number of piperazine rings is 1. The predicted octanol–water partition coefficient (Wildman–Crippen LogP) is -0.00410. The minimum atomic E-state index is 0.787. The normalized spacial score (nSPS) is 21.0. The topological polar surface area (TPSA) is 27.3 Å². The van der Waals surface area contributed by atoms with Crippen LogP contribution in [0.2, 0.25) is 0 Å². The molecule has 1 aromatic carbocycles. The number of hydrogen-bond acceptors (Lipinski definition) is 2. The SMILES string of the molecule is C=CCc1cc(OC)ccc1OCCCC[NH+]1CC[NH+](C)CC1. The van der Waals surface area contributed by atoms with Gasteiger partial charge < -0.3 is 19.3 Å². The van der Waals surface area contributed by atoms with Crippen LogP contribution in [0, 0.1) is 0 Å². The van der Waals surface area contributed by atoms with Crippen molar-refractivity contribution in [2.75, 3.05) is 53.5 Å². The van der Waals surface area contributed by atoms with Gasteiger partial charge in [-0.1, -0.05) is 6.08 Å². The first-order chi connectivity index (χ1) is 11.2. The molecule has 1 aliphatic heterocycles. The lowest BCUT2D eigenvalue weighted by Crippen LogP contribution is -3.27. The second-order valence-electron chi connectivity index (χ2n) is 6.48. The lowest BCUT2D eigenvalue weighted by Gasteiger charge is -2.27. The first-order valence-electron chi connectivity index (χ1n) is 8.78. The lowest BCUT2D eigenvalue weighted by molar-refractivity contribution is -1.00. The molecule has 4 nitrogen and oxygen atoms in total. The van der Waals surface area contributed by atoms with E-state index in [4.69, 9.17) is 9.47 Å². The Morgan fingerprint density at radius 3 is 2.65 bits per heavy atom. The number of likely N-dealkylation sites (N-methyl/N-ethyl adjacent to an activating group) is 1. The molecule has 2 N–H and O–H groups in total. The van der Waals surface area contributed by atoms with Crippen molar-refractivity contribution in [3.05, 3.63) is 36.4 Å². The summed E-state index contributed by atoms with van der Waals surface area (Å²) in [6, 6.07) is 6.00. The van der Waals surface area contributed by atoms with E-state index in [0.29, 0.717) is 0 Å². The van der Waals surface area contributed by atoms with Crippen LogP contribution < -0.4 is 19.3 Å². The Morgan fingerprint density at radius 1 is 1.17 bits per heavy atom. The maximum absolute atomic E-state index is 5.98. The average Bonchev–Trinajstić information content (AvgIpc) is 2.57. The summed E-state index contributed by atoms with van der Waals surface area (Å²) in [4.78, 5) is 3.43. The molecule has 0 unspecified atom stereocenters. The van der Waals surface area contributed by atoms with Gasteiger partial charge in [-0.05, 0) is 37.5 Å². The van der Waals surface area contributed by atoms with Gasteiger partial charge in [-0.2, -0.15) is 0 Å². The maximum Gasteiger partial charge on any atom is 0.127 e. The molecule has 0 bridgehead atoms. The number of rotatable bonds is 9. The molecule has 1 aliphatic rings. The third kappa shape index (κ3) is 5.88. The van der Waals surface area contributed by atoms with E-state index in [9.17, 15) is 0 Å². The van der Waals surface area contributed by atoms with Crippen molar-refractivity contribution in [3.63, 3.8) is 0 Å². The summed E-state index contributed by atoms with van der Waals surface area (Å²) in [5.41, 5.74) is 1.15. The highest BCUT2D eigenvalue weighted by Crippen LogP contribution is 2.25. The van der Waals surface area contributed by atoms with Crippen LogP contribution in [-0.2, 0) is 6.42 Å². The Bertz CT molecular complexity index is 482. The van der Waals surface area contributed by atoms with Gasteiger partial charge >= 0.3 is 0 Å². The van der Waals surface area contributed by atoms with Gasteiger partial charge in [0.1, 0.15) is 37.7 Å². The van der Waals surface area contributed by atoms with E-state index >= 15 is 0 Å². The van der Waals surface area contributed by atoms with Gasteiger partial charge in [-0.25, -0.2) is 0 Å². The zero-order valence-corrected chi connectivity index (χ0v) is 14.7. The minimum absolute atomic E-state index is 0.787. The van der Waals surface area contributed by atoms with Crippen molar-refractivity contribution >= 4 is 0 Å². The smallest absolute Gasteiger partial charge is 0.127 e. The van der Waals surface area contributed by atoms with Gasteiger partial charge in [-0.15, -0.1) is 6.58 Å². The Labute approximate surface area is 140 Å². The van der Waals surface area contributed by atoms with Crippen molar-refractivity contribution in [2.24, 2.45) is 0 Å². The highest BCUT2D eigenvalue weighted by molar-refractivity contribution is 5.41. The van der Waals surface area contributed by atoms with Gasteiger partial charge in [0.15, 0.2) is 0 Å². The Hall–Kier alpha value is -1.52. The molecular formula is C19H32N2O2+2. The summed E-state index contributed by atoms with van der Waals surface area (Å²) in [5.74, 6) is 1.83. The summed E-state index contributed by atoms with van der Waals surface area (Å²) in [6.45, 7) is 11.1. The summed E-state index contributed by atoms with van der Waals surface area (Å²) in [6.07, 6.45) is 5.06. The number of ether oxygens (including phenoxy) is 2. The third-order valence-corrected chi connectivity index (χ3v) is 4.62. The number of unbranched alkanes of at least 4 members (excludes halogenated alkanes) is 1. The van der Waals surface area contributed by atoms with Crippen LogP contribution >= 0.6 is 0 Å². The molecule has 1 fully saturated rings. The van der Waals surface area contributed by atoms with E-state index in [0.717, 1.165) is 36.5 Å². The minimum Gasteiger partial charge on any atom is -0.497 e. The zero-order valence-electron chi connectivity index (χ0n) is 14.7. The molecule has 0 amide bonds. The van der Waals surface area contributed by atoms with Gasteiger partial charge in [0.25, 0.3) is 0 Å². The predicted molar refractivity (Wildman–Crippen MR) is 93.8 cm³/mol. The molecular weight excluding hydrogens is 288 g/mol. The van der Waals surface area contributed by atoms with Crippen molar-refractivity contribution in [2.45, 2.75) is 19.3 Å². The lowest BCUT2D eigenvalue weighted by atomic mass is 10.1. The van der Waals surface area contributed by atoms with Crippen molar-refractivity contribution in [1.29, 1.82) is 0 Å². The number of methoxy groups -OCH3 is 1. The largest absolute Gasteiger partial charge is 0.497 e. The highest BCUT2D eigenvalue weighted by Gasteiger charge is 2.18. The van der Waals surface area contributed by atoms with Crippen LogP contribution in [0.3, 0.4) is 0 Å². The molecule has 1 saturated heterocycles. The summed E-state index contributed by atoms with van der Waals surface area (Å²) >= 11 is 0. The fourth-order valence-corrected chi connectivity index (χ4v) is 3.08. The first-order valence-corrected chi connectivity index (χ1v) is 8.78. The molecule has 4 heteroatoms. The third-order valence-electron chi connectivity index (χ3n) is 4.62. The number of allylic oxidation sites excluding steroid dienone is 1. The van der Waals surface area contributed by atoms with Gasteiger partial charge in [0.2, 0.25) is 0 Å². The summed E-state index contributed by atoms with van der Waals surface area (Å²) < 4.78 is 11.3. The molecule has 0 radical (unpaired) electrons. The zero-order chi connectivity index (χ0) is 16.5. The first kappa shape index (κ1) is 17.8. The van der Waals surface area contributed by atoms with Gasteiger partial charge in [-0.3, -0.25) is 0 Å². The number of hydrogen-bond donors (Lipinski definition) is 2. The molecule has 0 atom stereocenters. The van der Waals surface area contributed by atoms with E-state index in [1.165, 1.54) is 39.1 Å². The number of benzene rings is 1. The molecule has 128 valence electrons. The fraction of sp³-hybridized carbons (Fsp3) is 0.579. The van der Waals surface area contributed by atoms with Crippen LogP contribution in [0.1, 0.15) is 18.4 Å². The van der Waals surface area contributed by atoms with Crippen LogP contribution in [0.15, 0.2) is 30.9 Å². The van der Waals surface area contributed by atoms with Crippen LogP contribution in [0.5, 0.6) is 11.5 Å².